The molecule has 0 bridgehead atoms. The van der Waals surface area contributed by atoms with Crippen molar-refractivity contribution in [3.63, 3.8) is 0 Å². The van der Waals surface area contributed by atoms with Gasteiger partial charge in [0.25, 0.3) is 0 Å². The molecule has 0 radical (unpaired) electrons. The van der Waals surface area contributed by atoms with E-state index in [0.29, 0.717) is 0 Å². The van der Waals surface area contributed by atoms with E-state index in [4.69, 9.17) is 6.42 Å². The highest BCUT2D eigenvalue weighted by atomic mass is 14.8. The number of benzene rings is 1. The molecule has 0 aliphatic carbocycles. The predicted molar refractivity (Wildman–Crippen MR) is 70.6 cm³/mol. The quantitative estimate of drug-likeness (QED) is 0.745. The third kappa shape index (κ3) is 2.87. The van der Waals surface area contributed by atoms with Crippen molar-refractivity contribution in [1.29, 1.82) is 0 Å². The largest absolute Gasteiger partial charge is 0.320 e. The van der Waals surface area contributed by atoms with Gasteiger partial charge in [-0.2, -0.15) is 0 Å². The molecule has 1 N–H and O–H groups in total. The van der Waals surface area contributed by atoms with Gasteiger partial charge in [-0.25, -0.2) is 0 Å². The zero-order valence-corrected chi connectivity index (χ0v) is 10.5. The molecule has 0 fully saturated rings. The summed E-state index contributed by atoms with van der Waals surface area (Å²) in [6, 6.07) is 8.38. The fourth-order valence-electron chi connectivity index (χ4n) is 1.89. The Morgan fingerprint density at radius 1 is 1.31 bits per heavy atom. The molecule has 0 heterocycles. The van der Waals surface area contributed by atoms with Crippen molar-refractivity contribution in [3.8, 4) is 12.3 Å². The summed E-state index contributed by atoms with van der Waals surface area (Å²) in [5.74, 6) is 2.65. The first-order chi connectivity index (χ1) is 7.66. The Kier molecular flexibility index (Phi) is 4.58. The molecule has 16 heavy (non-hydrogen) atoms. The summed E-state index contributed by atoms with van der Waals surface area (Å²) in [4.78, 5) is 0. The molecule has 0 aliphatic rings. The maximum Gasteiger partial charge on any atom is 0.0242 e. The van der Waals surface area contributed by atoms with Crippen LogP contribution in [0.5, 0.6) is 0 Å². The first-order valence-electron chi connectivity index (χ1n) is 5.88. The lowest BCUT2D eigenvalue weighted by Crippen LogP contribution is -2.26. The summed E-state index contributed by atoms with van der Waals surface area (Å²) in [6.07, 6.45) is 7.65. The topological polar surface area (TPSA) is 12.0 Å². The van der Waals surface area contributed by atoms with Gasteiger partial charge in [0.05, 0.1) is 0 Å². The fraction of sp³-hybridized carbons (Fsp3) is 0.467. The molecule has 0 saturated carbocycles. The normalized spacial score (nSPS) is 14.1. The number of terminal acetylenes is 1. The van der Waals surface area contributed by atoms with Crippen molar-refractivity contribution < 1.29 is 0 Å². The predicted octanol–water partition coefficient (Wildman–Crippen LogP) is 2.95. The summed E-state index contributed by atoms with van der Waals surface area (Å²) >= 11 is 0. The fourth-order valence-corrected chi connectivity index (χ4v) is 1.89. The van der Waals surface area contributed by atoms with Gasteiger partial charge >= 0.3 is 0 Å². The number of hydrogen-bond acceptors (Lipinski definition) is 1. The van der Waals surface area contributed by atoms with Crippen LogP contribution in [0.15, 0.2) is 24.3 Å². The van der Waals surface area contributed by atoms with Crippen LogP contribution >= 0.6 is 0 Å². The van der Waals surface area contributed by atoms with Gasteiger partial charge in [0.2, 0.25) is 0 Å². The Bertz CT molecular complexity index is 358. The van der Waals surface area contributed by atoms with Crippen molar-refractivity contribution in [2.24, 2.45) is 0 Å². The molecule has 0 aromatic heterocycles. The zero-order valence-electron chi connectivity index (χ0n) is 10.5. The summed E-state index contributed by atoms with van der Waals surface area (Å²) < 4.78 is 0. The monoisotopic (exact) mass is 215 g/mol. The number of hydrogen-bond donors (Lipinski definition) is 1. The second-order valence-corrected chi connectivity index (χ2v) is 4.49. The minimum Gasteiger partial charge on any atom is -0.320 e. The molecule has 0 saturated heterocycles. The second-order valence-electron chi connectivity index (χ2n) is 4.49. The third-order valence-electron chi connectivity index (χ3n) is 3.46. The molecular formula is C15H21N. The minimum absolute atomic E-state index is 0.246. The van der Waals surface area contributed by atoms with Gasteiger partial charge in [-0.3, -0.25) is 0 Å². The molecule has 1 unspecified atom stereocenters. The highest BCUT2D eigenvalue weighted by Gasteiger charge is 2.23. The van der Waals surface area contributed by atoms with Crippen LogP contribution in [0.3, 0.4) is 0 Å². The highest BCUT2D eigenvalue weighted by Crippen LogP contribution is 2.30. The average Bonchev–Trinajstić information content (AvgIpc) is 2.36. The first-order valence-corrected chi connectivity index (χ1v) is 5.88. The minimum atomic E-state index is 0.246. The zero-order chi connectivity index (χ0) is 12.0. The van der Waals surface area contributed by atoms with Crippen LogP contribution in [0.1, 0.15) is 37.8 Å². The maximum atomic E-state index is 5.36. The van der Waals surface area contributed by atoms with Crippen molar-refractivity contribution in [2.75, 3.05) is 13.6 Å². The van der Waals surface area contributed by atoms with Crippen molar-refractivity contribution in [1.82, 2.24) is 5.32 Å². The Balaban J connectivity index is 2.90. The molecule has 86 valence electrons. The Morgan fingerprint density at radius 3 is 2.38 bits per heavy atom. The maximum absolute atomic E-state index is 5.36. The van der Waals surface area contributed by atoms with Gasteiger partial charge in [-0.05, 0) is 49.5 Å². The summed E-state index contributed by atoms with van der Waals surface area (Å²) in [5.41, 5.74) is 2.58. The molecule has 1 rings (SSSR count). The summed E-state index contributed by atoms with van der Waals surface area (Å²) in [5, 5.41) is 3.22. The van der Waals surface area contributed by atoms with Gasteiger partial charge in [0.1, 0.15) is 0 Å². The molecule has 1 atom stereocenters. The molecular weight excluding hydrogens is 194 g/mol. The number of nitrogens with one attached hydrogen (secondary N) is 1. The van der Waals surface area contributed by atoms with E-state index >= 15 is 0 Å². The molecule has 0 aliphatic heterocycles. The lowest BCUT2D eigenvalue weighted by Gasteiger charge is -2.29. The van der Waals surface area contributed by atoms with Gasteiger partial charge in [0.15, 0.2) is 0 Å². The van der Waals surface area contributed by atoms with Crippen LogP contribution in [0.25, 0.3) is 0 Å². The van der Waals surface area contributed by atoms with Gasteiger partial charge in [0, 0.05) is 5.56 Å². The lowest BCUT2D eigenvalue weighted by molar-refractivity contribution is 0.412. The van der Waals surface area contributed by atoms with E-state index in [9.17, 15) is 0 Å². The number of rotatable bonds is 5. The van der Waals surface area contributed by atoms with Gasteiger partial charge < -0.3 is 5.32 Å². The van der Waals surface area contributed by atoms with E-state index in [0.717, 1.165) is 24.9 Å². The standard InChI is InChI=1S/C15H21N/c1-5-13-7-9-14(10-8-13)15(3,6-2)11-12-16-4/h1,7-10,16H,6,11-12H2,2-4H3. The first kappa shape index (κ1) is 12.8. The van der Waals surface area contributed by atoms with Crippen LogP contribution in [-0.4, -0.2) is 13.6 Å². The van der Waals surface area contributed by atoms with Crippen LogP contribution < -0.4 is 5.32 Å². The second kappa shape index (κ2) is 5.72. The van der Waals surface area contributed by atoms with Crippen LogP contribution in [0.2, 0.25) is 0 Å². The lowest BCUT2D eigenvalue weighted by atomic mass is 9.77. The van der Waals surface area contributed by atoms with Gasteiger partial charge in [-0.15, -0.1) is 6.42 Å². The van der Waals surface area contributed by atoms with Crippen LogP contribution in [0.4, 0.5) is 0 Å². The highest BCUT2D eigenvalue weighted by molar-refractivity contribution is 5.36. The van der Waals surface area contributed by atoms with E-state index in [1.165, 1.54) is 5.56 Å². The molecule has 1 aromatic rings. The Hall–Kier alpha value is -1.26. The van der Waals surface area contributed by atoms with E-state index in [-0.39, 0.29) is 5.41 Å². The summed E-state index contributed by atoms with van der Waals surface area (Å²) in [6.45, 7) is 5.60. The van der Waals surface area contributed by atoms with Gasteiger partial charge in [-0.1, -0.05) is 31.9 Å². The molecule has 1 aromatic carbocycles. The SMILES string of the molecule is C#Cc1ccc(C(C)(CC)CCNC)cc1. The molecule has 1 nitrogen and oxygen atoms in total. The Morgan fingerprint density at radius 2 is 1.94 bits per heavy atom. The third-order valence-corrected chi connectivity index (χ3v) is 3.46. The van der Waals surface area contributed by atoms with E-state index in [1.54, 1.807) is 0 Å². The van der Waals surface area contributed by atoms with Crippen LogP contribution in [0, 0.1) is 12.3 Å². The van der Waals surface area contributed by atoms with Crippen molar-refractivity contribution >= 4 is 0 Å². The van der Waals surface area contributed by atoms with E-state index in [2.05, 4.69) is 37.2 Å². The summed E-state index contributed by atoms with van der Waals surface area (Å²) in [7, 11) is 2.00. The smallest absolute Gasteiger partial charge is 0.0242 e. The Labute approximate surface area is 99.3 Å². The van der Waals surface area contributed by atoms with Crippen molar-refractivity contribution in [3.05, 3.63) is 35.4 Å². The molecule has 0 amide bonds. The van der Waals surface area contributed by atoms with Crippen LogP contribution in [-0.2, 0) is 5.41 Å². The molecule has 1 heteroatoms. The van der Waals surface area contributed by atoms with E-state index < -0.39 is 0 Å². The van der Waals surface area contributed by atoms with E-state index in [1.807, 2.05) is 19.2 Å². The average molecular weight is 215 g/mol. The molecule has 0 spiro atoms. The van der Waals surface area contributed by atoms with Crippen molar-refractivity contribution in [2.45, 2.75) is 32.1 Å².